The largest absolute Gasteiger partial charge is 0.381 e. The van der Waals surface area contributed by atoms with Crippen molar-refractivity contribution in [2.24, 2.45) is 5.92 Å². The van der Waals surface area contributed by atoms with Crippen LogP contribution in [0.25, 0.3) is 0 Å². The number of rotatable bonds is 5. The Hall–Kier alpha value is -2.75. The number of nitrogens with zero attached hydrogens (tertiary/aromatic N) is 6. The van der Waals surface area contributed by atoms with Crippen molar-refractivity contribution < 1.29 is 14.3 Å². The van der Waals surface area contributed by atoms with Crippen LogP contribution >= 0.6 is 0 Å². The predicted octanol–water partition coefficient (Wildman–Crippen LogP) is 0.554. The molecule has 3 aliphatic rings. The smallest absolute Gasteiger partial charge is 0.291 e. The van der Waals surface area contributed by atoms with Gasteiger partial charge in [0.25, 0.3) is 5.91 Å². The third-order valence-electron chi connectivity index (χ3n) is 5.88. The summed E-state index contributed by atoms with van der Waals surface area (Å²) in [5.74, 6) is 0.971. The van der Waals surface area contributed by atoms with Gasteiger partial charge in [-0.25, -0.2) is 14.3 Å². The van der Waals surface area contributed by atoms with Gasteiger partial charge >= 0.3 is 0 Å². The van der Waals surface area contributed by atoms with E-state index >= 15 is 0 Å². The molecule has 2 fully saturated rings. The number of likely N-dealkylation sites (N-methyl/N-ethyl adjacent to an activating group) is 1. The fourth-order valence-electron chi connectivity index (χ4n) is 4.04. The first-order valence-electron chi connectivity index (χ1n) is 10.2. The van der Waals surface area contributed by atoms with E-state index in [0.717, 1.165) is 31.7 Å². The summed E-state index contributed by atoms with van der Waals surface area (Å²) >= 11 is 0. The Morgan fingerprint density at radius 1 is 1.31 bits per heavy atom. The molecule has 1 aliphatic carbocycles. The number of nitrogens with one attached hydrogen (secondary N) is 1. The molecule has 0 spiro atoms. The average Bonchev–Trinajstić information content (AvgIpc) is 3.13. The van der Waals surface area contributed by atoms with Crippen LogP contribution in [0.2, 0.25) is 0 Å². The first kappa shape index (κ1) is 18.3. The van der Waals surface area contributed by atoms with Crippen molar-refractivity contribution in [1.82, 2.24) is 29.9 Å². The molecule has 2 aliphatic heterocycles. The number of carbonyl (C=O) groups excluding carboxylic acids is 2. The number of aromatic nitrogens is 5. The maximum absolute atomic E-state index is 13.2. The Labute approximate surface area is 168 Å². The van der Waals surface area contributed by atoms with Crippen molar-refractivity contribution in [2.75, 3.05) is 25.2 Å². The summed E-state index contributed by atoms with van der Waals surface area (Å²) in [6, 6.07) is 2.05. The highest BCUT2D eigenvalue weighted by Crippen LogP contribution is 2.29. The van der Waals surface area contributed by atoms with E-state index in [9.17, 15) is 9.59 Å². The first-order chi connectivity index (χ1) is 14.1. The minimum absolute atomic E-state index is 0.0604. The summed E-state index contributed by atoms with van der Waals surface area (Å²) in [6.07, 6.45) is 5.19. The minimum Gasteiger partial charge on any atom is -0.381 e. The Bertz CT molecular complexity index is 926. The van der Waals surface area contributed by atoms with Crippen molar-refractivity contribution in [2.45, 2.75) is 50.7 Å². The van der Waals surface area contributed by atoms with Crippen LogP contribution < -0.4 is 10.2 Å². The lowest BCUT2D eigenvalue weighted by Gasteiger charge is -2.20. The van der Waals surface area contributed by atoms with E-state index < -0.39 is 5.92 Å². The van der Waals surface area contributed by atoms with E-state index in [2.05, 4.69) is 20.5 Å². The molecule has 4 heterocycles. The van der Waals surface area contributed by atoms with Gasteiger partial charge in [0.2, 0.25) is 11.7 Å². The monoisotopic (exact) mass is 399 g/mol. The van der Waals surface area contributed by atoms with Gasteiger partial charge < -0.3 is 10.1 Å². The Morgan fingerprint density at radius 3 is 2.93 bits per heavy atom. The molecule has 1 saturated heterocycles. The standard InChI is InChI=1S/C19H25N7O3/c1-24-15-4-7-20-25(15)8-5-14(19(24)28)17-22-16(18(27)21-13-2-3-13)23-26(17)10-12-6-9-29-11-12/h4,7,12-14H,2-3,5-6,8-11H2,1H3,(H,21,27)/t12?,14-/m0/s1. The number of amides is 2. The Balaban J connectivity index is 1.46. The van der Waals surface area contributed by atoms with Gasteiger partial charge in [0.05, 0.1) is 18.7 Å². The fourth-order valence-corrected chi connectivity index (χ4v) is 4.04. The van der Waals surface area contributed by atoms with Crippen molar-refractivity contribution >= 4 is 17.6 Å². The van der Waals surface area contributed by atoms with Gasteiger partial charge in [-0.3, -0.25) is 14.5 Å². The van der Waals surface area contributed by atoms with E-state index in [-0.39, 0.29) is 23.7 Å². The molecule has 5 rings (SSSR count). The lowest BCUT2D eigenvalue weighted by atomic mass is 10.0. The van der Waals surface area contributed by atoms with Crippen molar-refractivity contribution in [3.63, 3.8) is 0 Å². The maximum atomic E-state index is 13.2. The molecule has 1 saturated carbocycles. The summed E-state index contributed by atoms with van der Waals surface area (Å²) in [5.41, 5.74) is 0. The highest BCUT2D eigenvalue weighted by Gasteiger charge is 2.35. The van der Waals surface area contributed by atoms with Gasteiger partial charge in [0, 0.05) is 44.8 Å². The zero-order valence-corrected chi connectivity index (χ0v) is 16.5. The highest BCUT2D eigenvalue weighted by molar-refractivity contribution is 5.97. The number of anilines is 1. The summed E-state index contributed by atoms with van der Waals surface area (Å²) in [6.45, 7) is 2.59. The van der Waals surface area contributed by atoms with Gasteiger partial charge in [-0.1, -0.05) is 0 Å². The molecule has 0 radical (unpaired) electrons. The van der Waals surface area contributed by atoms with Gasteiger partial charge in [0.15, 0.2) is 0 Å². The van der Waals surface area contributed by atoms with Crippen LogP contribution in [0.15, 0.2) is 12.3 Å². The molecular formula is C19H25N7O3. The van der Waals surface area contributed by atoms with Crippen LogP contribution in [0, 0.1) is 5.92 Å². The van der Waals surface area contributed by atoms with Gasteiger partial charge in [0.1, 0.15) is 11.6 Å². The van der Waals surface area contributed by atoms with Crippen molar-refractivity contribution in [3.8, 4) is 0 Å². The first-order valence-corrected chi connectivity index (χ1v) is 10.2. The third-order valence-corrected chi connectivity index (χ3v) is 5.88. The van der Waals surface area contributed by atoms with Crippen LogP contribution in [0.5, 0.6) is 0 Å². The predicted molar refractivity (Wildman–Crippen MR) is 102 cm³/mol. The number of hydrogen-bond acceptors (Lipinski definition) is 6. The van der Waals surface area contributed by atoms with Crippen LogP contribution in [-0.4, -0.2) is 62.7 Å². The summed E-state index contributed by atoms with van der Waals surface area (Å²) < 4.78 is 9.07. The van der Waals surface area contributed by atoms with Crippen LogP contribution in [0.3, 0.4) is 0 Å². The molecular weight excluding hydrogens is 374 g/mol. The number of ether oxygens (including phenoxy) is 1. The Kier molecular flexibility index (Phi) is 4.57. The molecule has 1 unspecified atom stereocenters. The molecule has 2 aromatic heterocycles. The van der Waals surface area contributed by atoms with Crippen molar-refractivity contribution in [1.29, 1.82) is 0 Å². The lowest BCUT2D eigenvalue weighted by molar-refractivity contribution is -0.120. The molecule has 0 aromatic carbocycles. The SMILES string of the molecule is CN1C(=O)[C@H](c2nc(C(=O)NC3CC3)nn2CC2CCOC2)CCn2nccc21. The molecule has 0 bridgehead atoms. The molecule has 2 atom stereocenters. The fraction of sp³-hybridized carbons (Fsp3) is 0.632. The lowest BCUT2D eigenvalue weighted by Crippen LogP contribution is -2.32. The van der Waals surface area contributed by atoms with E-state index in [1.54, 1.807) is 22.8 Å². The summed E-state index contributed by atoms with van der Waals surface area (Å²) in [7, 11) is 1.75. The highest BCUT2D eigenvalue weighted by atomic mass is 16.5. The van der Waals surface area contributed by atoms with E-state index in [4.69, 9.17) is 4.74 Å². The van der Waals surface area contributed by atoms with E-state index in [1.807, 2.05) is 10.7 Å². The number of fused-ring (bicyclic) bond motifs is 1. The number of hydrogen-bond donors (Lipinski definition) is 1. The number of aryl methyl sites for hydroxylation is 1. The molecule has 2 aromatic rings. The summed E-state index contributed by atoms with van der Waals surface area (Å²) in [4.78, 5) is 32.0. The molecule has 1 N–H and O–H groups in total. The van der Waals surface area contributed by atoms with E-state index in [1.165, 1.54) is 0 Å². The normalized spacial score (nSPS) is 24.4. The van der Waals surface area contributed by atoms with Gasteiger partial charge in [-0.15, -0.1) is 5.10 Å². The third kappa shape index (κ3) is 3.52. The average molecular weight is 399 g/mol. The second kappa shape index (κ2) is 7.25. The molecule has 10 heteroatoms. The molecule has 2 amide bonds. The van der Waals surface area contributed by atoms with Crippen LogP contribution in [0.4, 0.5) is 5.82 Å². The van der Waals surface area contributed by atoms with Crippen molar-refractivity contribution in [3.05, 3.63) is 23.9 Å². The molecule has 10 nitrogen and oxygen atoms in total. The minimum atomic E-state index is -0.473. The zero-order valence-electron chi connectivity index (χ0n) is 16.5. The van der Waals surface area contributed by atoms with Crippen LogP contribution in [-0.2, 0) is 22.6 Å². The number of carbonyl (C=O) groups is 2. The molecule has 29 heavy (non-hydrogen) atoms. The topological polar surface area (TPSA) is 107 Å². The maximum Gasteiger partial charge on any atom is 0.291 e. The molecule has 154 valence electrons. The van der Waals surface area contributed by atoms with Gasteiger partial charge in [-0.05, 0) is 25.7 Å². The summed E-state index contributed by atoms with van der Waals surface area (Å²) in [5, 5.41) is 11.7. The Morgan fingerprint density at radius 2 is 2.17 bits per heavy atom. The van der Waals surface area contributed by atoms with Gasteiger partial charge in [-0.2, -0.15) is 5.10 Å². The van der Waals surface area contributed by atoms with Crippen LogP contribution in [0.1, 0.15) is 48.0 Å². The second-order valence-electron chi connectivity index (χ2n) is 8.10. The quantitative estimate of drug-likeness (QED) is 0.787. The second-order valence-corrected chi connectivity index (χ2v) is 8.10. The van der Waals surface area contributed by atoms with E-state index in [0.29, 0.717) is 37.9 Å². The zero-order chi connectivity index (χ0) is 20.0.